The Balaban J connectivity index is 1.48. The van der Waals surface area contributed by atoms with Crippen LogP contribution in [0.15, 0.2) is 49.1 Å². The number of benzene rings is 1. The molecule has 7 atom stereocenters. The average Bonchev–Trinajstić information content (AvgIpc) is 3.20. The van der Waals surface area contributed by atoms with Gasteiger partial charge in [-0.3, -0.25) is 0 Å². The summed E-state index contributed by atoms with van der Waals surface area (Å²) in [5.41, 5.74) is -0.768. The van der Waals surface area contributed by atoms with Crippen LogP contribution < -0.4 is 4.74 Å². The quantitative estimate of drug-likeness (QED) is 0.346. The fourth-order valence-corrected chi connectivity index (χ4v) is 5.38. The first-order valence-corrected chi connectivity index (χ1v) is 13.6. The molecule has 0 bridgehead atoms. The summed E-state index contributed by atoms with van der Waals surface area (Å²) in [6, 6.07) is 4.81. The van der Waals surface area contributed by atoms with E-state index >= 15 is 0 Å². The molecule has 2 aliphatic heterocycles. The third kappa shape index (κ3) is 8.29. The van der Waals surface area contributed by atoms with Crippen LogP contribution in [0.25, 0.3) is 0 Å². The second kappa shape index (κ2) is 13.9. The molecular weight excluding hydrogens is 501 g/mol. The van der Waals surface area contributed by atoms with Crippen molar-refractivity contribution in [1.29, 1.82) is 0 Å². The molecular formula is C29H39F3O6. The number of hydrogen-bond donors (Lipinski definition) is 1. The van der Waals surface area contributed by atoms with Crippen LogP contribution in [0.4, 0.5) is 13.2 Å². The number of aliphatic hydroxyl groups is 1. The van der Waals surface area contributed by atoms with Crippen LogP contribution in [-0.4, -0.2) is 55.8 Å². The van der Waals surface area contributed by atoms with E-state index < -0.39 is 30.2 Å². The first-order chi connectivity index (χ1) is 18.3. The van der Waals surface area contributed by atoms with Crippen LogP contribution in [0.2, 0.25) is 0 Å². The summed E-state index contributed by atoms with van der Waals surface area (Å²) in [5.74, 6) is -0.0726. The first kappa shape index (κ1) is 29.1. The minimum atomic E-state index is -4.45. The zero-order valence-electron chi connectivity index (χ0n) is 21.7. The van der Waals surface area contributed by atoms with Crippen LogP contribution in [0.3, 0.4) is 0 Å². The van der Waals surface area contributed by atoms with Gasteiger partial charge in [-0.15, -0.1) is 6.58 Å². The Morgan fingerprint density at radius 2 is 1.82 bits per heavy atom. The molecule has 0 spiro atoms. The molecule has 0 radical (unpaired) electrons. The summed E-state index contributed by atoms with van der Waals surface area (Å²) in [4.78, 5) is 0. The maximum absolute atomic E-state index is 13.1. The second-order valence-corrected chi connectivity index (χ2v) is 10.2. The van der Waals surface area contributed by atoms with Gasteiger partial charge in [-0.25, -0.2) is 0 Å². The van der Waals surface area contributed by atoms with Crippen LogP contribution in [0, 0.1) is 11.8 Å². The van der Waals surface area contributed by atoms with Gasteiger partial charge < -0.3 is 28.8 Å². The summed E-state index contributed by atoms with van der Waals surface area (Å²) in [7, 11) is 0. The van der Waals surface area contributed by atoms with E-state index in [2.05, 4.69) is 6.58 Å². The molecule has 212 valence electrons. The van der Waals surface area contributed by atoms with Gasteiger partial charge in [0.1, 0.15) is 18.5 Å². The molecule has 1 aliphatic carbocycles. The van der Waals surface area contributed by atoms with Crippen molar-refractivity contribution >= 4 is 0 Å². The molecule has 38 heavy (non-hydrogen) atoms. The van der Waals surface area contributed by atoms with Gasteiger partial charge >= 0.3 is 6.18 Å². The molecule has 6 nitrogen and oxygen atoms in total. The van der Waals surface area contributed by atoms with E-state index in [0.717, 1.165) is 50.7 Å². The van der Waals surface area contributed by atoms with Gasteiger partial charge in [0.05, 0.1) is 17.8 Å². The number of hydrogen-bond acceptors (Lipinski definition) is 6. The normalized spacial score (nSPS) is 31.4. The van der Waals surface area contributed by atoms with Gasteiger partial charge in [-0.2, -0.15) is 13.2 Å². The van der Waals surface area contributed by atoms with Crippen molar-refractivity contribution < 1.29 is 42.0 Å². The predicted molar refractivity (Wildman–Crippen MR) is 135 cm³/mol. The highest BCUT2D eigenvalue weighted by atomic mass is 19.4. The van der Waals surface area contributed by atoms with Crippen LogP contribution in [0.1, 0.15) is 56.9 Å². The molecule has 3 fully saturated rings. The van der Waals surface area contributed by atoms with E-state index in [-0.39, 0.29) is 36.6 Å². The zero-order chi connectivity index (χ0) is 27.0. The van der Waals surface area contributed by atoms with Crippen molar-refractivity contribution in [1.82, 2.24) is 0 Å². The summed E-state index contributed by atoms with van der Waals surface area (Å²) >= 11 is 0. The standard InChI is InChI=1S/C29H39F3O6/c1-2-8-23-24(26(18-25(23)33)38-28-12-4-6-16-35-28)14-13-22(37-27-11-3-5-15-34-27)19-36-21-10-7-9-20(17-21)29(30,31)32/h2,7,9-10,13-14,17,22-28,33H,1,3-6,8,11-12,15-16,18-19H2/t22-,23-,24-,25+,26-,27?,28?/m1/s1. The van der Waals surface area contributed by atoms with Crippen molar-refractivity contribution in [2.75, 3.05) is 19.8 Å². The highest BCUT2D eigenvalue weighted by Crippen LogP contribution is 2.39. The largest absolute Gasteiger partial charge is 0.491 e. The molecule has 4 rings (SSSR count). The van der Waals surface area contributed by atoms with Gasteiger partial charge in [-0.1, -0.05) is 24.3 Å². The number of rotatable bonds is 11. The van der Waals surface area contributed by atoms with E-state index in [1.54, 1.807) is 6.08 Å². The van der Waals surface area contributed by atoms with Gasteiger partial charge in [0.15, 0.2) is 12.6 Å². The molecule has 0 aromatic heterocycles. The molecule has 2 saturated heterocycles. The molecule has 9 heteroatoms. The number of halogens is 3. The Morgan fingerprint density at radius 1 is 1.08 bits per heavy atom. The molecule has 2 unspecified atom stereocenters. The van der Waals surface area contributed by atoms with Crippen molar-refractivity contribution in [2.45, 2.75) is 88.4 Å². The maximum Gasteiger partial charge on any atom is 0.416 e. The third-order valence-corrected chi connectivity index (χ3v) is 7.38. The number of allylic oxidation sites excluding steroid dienone is 1. The molecule has 3 aliphatic rings. The van der Waals surface area contributed by atoms with Gasteiger partial charge in [0, 0.05) is 25.6 Å². The fraction of sp³-hybridized carbons (Fsp3) is 0.655. The van der Waals surface area contributed by atoms with Gasteiger partial charge in [0.25, 0.3) is 0 Å². The third-order valence-electron chi connectivity index (χ3n) is 7.38. The summed E-state index contributed by atoms with van der Waals surface area (Å²) in [5, 5.41) is 10.8. The smallest absolute Gasteiger partial charge is 0.416 e. The molecule has 2 heterocycles. The monoisotopic (exact) mass is 540 g/mol. The average molecular weight is 541 g/mol. The van der Waals surface area contributed by atoms with E-state index in [1.165, 1.54) is 12.1 Å². The Labute approximate surface area is 222 Å². The SMILES string of the molecule is C=CC[C@@H]1[C@@H](C=C[C@H](COc2cccc(C(F)(F)F)c2)OC2CCCCO2)[C@H](OC2CCCCO2)C[C@@H]1O. The fourth-order valence-electron chi connectivity index (χ4n) is 5.38. The first-order valence-electron chi connectivity index (χ1n) is 13.6. The van der Waals surface area contributed by atoms with E-state index in [9.17, 15) is 18.3 Å². The maximum atomic E-state index is 13.1. The Hall–Kier alpha value is -1.91. The molecule has 0 amide bonds. The summed E-state index contributed by atoms with van der Waals surface area (Å²) < 4.78 is 69.2. The minimum Gasteiger partial charge on any atom is -0.491 e. The van der Waals surface area contributed by atoms with Gasteiger partial charge in [0.2, 0.25) is 0 Å². The molecule has 1 saturated carbocycles. The number of alkyl halides is 3. The Bertz CT molecular complexity index is 895. The van der Waals surface area contributed by atoms with Crippen molar-refractivity contribution in [2.24, 2.45) is 11.8 Å². The van der Waals surface area contributed by atoms with E-state index in [4.69, 9.17) is 23.7 Å². The zero-order valence-corrected chi connectivity index (χ0v) is 21.7. The summed E-state index contributed by atoms with van der Waals surface area (Å²) in [6.45, 7) is 5.13. The van der Waals surface area contributed by atoms with Crippen LogP contribution >= 0.6 is 0 Å². The highest BCUT2D eigenvalue weighted by Gasteiger charge is 2.42. The second-order valence-electron chi connectivity index (χ2n) is 10.2. The van der Waals surface area contributed by atoms with Crippen LogP contribution in [0.5, 0.6) is 5.75 Å². The minimum absolute atomic E-state index is 0.0102. The van der Waals surface area contributed by atoms with Crippen molar-refractivity contribution in [3.05, 3.63) is 54.6 Å². The van der Waals surface area contributed by atoms with Gasteiger partial charge in [-0.05, 0) is 69.1 Å². The topological polar surface area (TPSA) is 66.4 Å². The van der Waals surface area contributed by atoms with Crippen molar-refractivity contribution in [3.8, 4) is 5.75 Å². The lowest BCUT2D eigenvalue weighted by atomic mass is 9.90. The lowest BCUT2D eigenvalue weighted by molar-refractivity contribution is -0.193. The lowest BCUT2D eigenvalue weighted by Gasteiger charge is -2.30. The molecule has 1 aromatic carbocycles. The van der Waals surface area contributed by atoms with Crippen molar-refractivity contribution in [3.63, 3.8) is 0 Å². The number of aliphatic hydroxyl groups excluding tert-OH is 1. The van der Waals surface area contributed by atoms with E-state index in [0.29, 0.717) is 26.1 Å². The Kier molecular flexibility index (Phi) is 10.7. The van der Waals surface area contributed by atoms with Crippen LogP contribution in [-0.2, 0) is 25.1 Å². The predicted octanol–water partition coefficient (Wildman–Crippen LogP) is 6.04. The molecule has 1 N–H and O–H groups in total. The summed E-state index contributed by atoms with van der Waals surface area (Å²) in [6.07, 6.45) is 5.83. The number of ether oxygens (including phenoxy) is 5. The molecule has 1 aromatic rings. The lowest BCUT2D eigenvalue weighted by Crippen LogP contribution is -2.32. The highest BCUT2D eigenvalue weighted by molar-refractivity contribution is 5.30. The van der Waals surface area contributed by atoms with E-state index in [1.807, 2.05) is 12.2 Å². The Morgan fingerprint density at radius 3 is 2.47 bits per heavy atom.